The van der Waals surface area contributed by atoms with Crippen molar-refractivity contribution in [2.45, 2.75) is 23.2 Å². The molecular formula is C22H25N3O5S. The van der Waals surface area contributed by atoms with Crippen molar-refractivity contribution in [3.63, 3.8) is 0 Å². The molecule has 2 aromatic rings. The number of nitrogens with zero attached hydrogens (tertiary/aromatic N) is 1. The molecule has 2 N–H and O–H groups in total. The summed E-state index contributed by atoms with van der Waals surface area (Å²) in [5, 5.41) is 5.54. The van der Waals surface area contributed by atoms with Crippen LogP contribution in [0, 0.1) is 0 Å². The van der Waals surface area contributed by atoms with Gasteiger partial charge in [0.15, 0.2) is 0 Å². The molecule has 2 aromatic carbocycles. The van der Waals surface area contributed by atoms with E-state index in [9.17, 15) is 18.0 Å². The first kappa shape index (κ1) is 21.5. The normalized spacial score (nSPS) is 19.4. The Balaban J connectivity index is 1.59. The van der Waals surface area contributed by atoms with Crippen molar-refractivity contribution in [2.24, 2.45) is 0 Å². The fourth-order valence-corrected chi connectivity index (χ4v) is 5.52. The van der Waals surface area contributed by atoms with Crippen LogP contribution in [0.25, 0.3) is 0 Å². The first-order valence-electron chi connectivity index (χ1n) is 10.2. The Morgan fingerprint density at radius 2 is 1.81 bits per heavy atom. The number of ether oxygens (including phenoxy) is 1. The number of carbonyl (C=O) groups is 2. The van der Waals surface area contributed by atoms with Crippen molar-refractivity contribution in [1.29, 1.82) is 0 Å². The maximum atomic E-state index is 13.4. The molecule has 164 valence electrons. The van der Waals surface area contributed by atoms with Crippen LogP contribution in [0.4, 0.5) is 5.69 Å². The number of piperazine rings is 1. The molecule has 0 aromatic heterocycles. The van der Waals surface area contributed by atoms with Gasteiger partial charge in [0.1, 0.15) is 0 Å². The molecule has 8 nitrogen and oxygen atoms in total. The fraction of sp³-hybridized carbons (Fsp3) is 0.364. The summed E-state index contributed by atoms with van der Waals surface area (Å²) in [5.41, 5.74) is 0.576. The average Bonchev–Trinajstić information content (AvgIpc) is 2.80. The molecule has 0 aliphatic carbocycles. The van der Waals surface area contributed by atoms with Crippen molar-refractivity contribution in [3.8, 4) is 0 Å². The summed E-state index contributed by atoms with van der Waals surface area (Å²) in [4.78, 5) is 25.1. The molecule has 2 saturated heterocycles. The van der Waals surface area contributed by atoms with Gasteiger partial charge in [-0.15, -0.1) is 0 Å². The van der Waals surface area contributed by atoms with Crippen molar-refractivity contribution in [3.05, 3.63) is 60.2 Å². The van der Waals surface area contributed by atoms with Crippen molar-refractivity contribution in [2.75, 3.05) is 38.2 Å². The number of hydrogen-bond donors (Lipinski definition) is 2. The molecule has 0 atom stereocenters. The molecule has 4 rings (SSSR count). The molecule has 31 heavy (non-hydrogen) atoms. The van der Waals surface area contributed by atoms with E-state index in [1.165, 1.54) is 12.1 Å². The van der Waals surface area contributed by atoms with E-state index in [1.807, 2.05) is 30.3 Å². The van der Waals surface area contributed by atoms with Gasteiger partial charge in [-0.25, -0.2) is 8.42 Å². The minimum atomic E-state index is -3.84. The van der Waals surface area contributed by atoms with E-state index in [0.29, 0.717) is 31.7 Å². The van der Waals surface area contributed by atoms with Crippen LogP contribution in [0.5, 0.6) is 0 Å². The minimum absolute atomic E-state index is 0.0424. The highest BCUT2D eigenvalue weighted by Crippen LogP contribution is 2.36. The number of benzene rings is 2. The van der Waals surface area contributed by atoms with Gasteiger partial charge in [0, 0.05) is 32.0 Å². The third-order valence-electron chi connectivity index (χ3n) is 5.84. The van der Waals surface area contributed by atoms with Gasteiger partial charge in [0.2, 0.25) is 21.8 Å². The van der Waals surface area contributed by atoms with Gasteiger partial charge < -0.3 is 15.4 Å². The Labute approximate surface area is 181 Å². The lowest BCUT2D eigenvalue weighted by Gasteiger charge is -2.36. The van der Waals surface area contributed by atoms with Gasteiger partial charge in [0.25, 0.3) is 0 Å². The van der Waals surface area contributed by atoms with Crippen molar-refractivity contribution < 1.29 is 22.7 Å². The van der Waals surface area contributed by atoms with E-state index in [0.717, 1.165) is 9.87 Å². The number of carbonyl (C=O) groups excluding carboxylic acids is 2. The van der Waals surface area contributed by atoms with Crippen LogP contribution < -0.4 is 10.6 Å². The Morgan fingerprint density at radius 3 is 2.52 bits per heavy atom. The van der Waals surface area contributed by atoms with Crippen LogP contribution in [0.1, 0.15) is 18.4 Å². The van der Waals surface area contributed by atoms with Crippen molar-refractivity contribution in [1.82, 2.24) is 9.62 Å². The summed E-state index contributed by atoms with van der Waals surface area (Å²) < 4.78 is 32.6. The van der Waals surface area contributed by atoms with E-state index in [2.05, 4.69) is 10.6 Å². The lowest BCUT2D eigenvalue weighted by Crippen LogP contribution is -2.49. The summed E-state index contributed by atoms with van der Waals surface area (Å²) in [6, 6.07) is 15.8. The first-order chi connectivity index (χ1) is 14.9. The van der Waals surface area contributed by atoms with Crippen LogP contribution in [-0.4, -0.2) is 57.4 Å². The number of anilines is 1. The minimum Gasteiger partial charge on any atom is -0.381 e. The van der Waals surface area contributed by atoms with Crippen LogP contribution in [0.3, 0.4) is 0 Å². The summed E-state index contributed by atoms with van der Waals surface area (Å²) in [5.74, 6) is -0.516. The van der Waals surface area contributed by atoms with E-state index in [-0.39, 0.29) is 36.3 Å². The van der Waals surface area contributed by atoms with E-state index in [1.54, 1.807) is 12.1 Å². The number of amides is 2. The predicted molar refractivity (Wildman–Crippen MR) is 115 cm³/mol. The molecule has 2 heterocycles. The molecule has 2 aliphatic heterocycles. The third kappa shape index (κ3) is 4.34. The SMILES string of the molecule is O=C1CN(S(=O)(=O)c2cccc(NC(=O)C3(c4ccccc4)CCOCC3)c2)CCN1. The summed E-state index contributed by atoms with van der Waals surface area (Å²) in [6.45, 7) is 1.23. The monoisotopic (exact) mass is 443 g/mol. The average molecular weight is 444 g/mol. The number of nitrogens with one attached hydrogen (secondary N) is 2. The number of hydrogen-bond acceptors (Lipinski definition) is 5. The molecule has 9 heteroatoms. The highest BCUT2D eigenvalue weighted by molar-refractivity contribution is 7.89. The molecule has 0 radical (unpaired) electrons. The largest absolute Gasteiger partial charge is 0.381 e. The molecule has 0 bridgehead atoms. The van der Waals surface area contributed by atoms with Crippen LogP contribution in [0.15, 0.2) is 59.5 Å². The molecule has 2 fully saturated rings. The van der Waals surface area contributed by atoms with Crippen LogP contribution in [0.2, 0.25) is 0 Å². The molecule has 0 spiro atoms. The second-order valence-corrected chi connectivity index (χ2v) is 9.67. The molecule has 2 aliphatic rings. The number of rotatable bonds is 5. The second kappa shape index (κ2) is 8.78. The Hall–Kier alpha value is -2.75. The predicted octanol–water partition coefficient (Wildman–Crippen LogP) is 1.49. The summed E-state index contributed by atoms with van der Waals surface area (Å²) in [6.07, 6.45) is 1.09. The lowest BCUT2D eigenvalue weighted by atomic mass is 9.73. The Kier molecular flexibility index (Phi) is 6.08. The maximum Gasteiger partial charge on any atom is 0.243 e. The van der Waals surface area contributed by atoms with Crippen molar-refractivity contribution >= 4 is 27.5 Å². The van der Waals surface area contributed by atoms with Gasteiger partial charge >= 0.3 is 0 Å². The Morgan fingerprint density at radius 1 is 1.06 bits per heavy atom. The van der Waals surface area contributed by atoms with Gasteiger partial charge in [-0.05, 0) is 36.6 Å². The maximum absolute atomic E-state index is 13.4. The first-order valence-corrected chi connectivity index (χ1v) is 11.7. The number of sulfonamides is 1. The van der Waals surface area contributed by atoms with Crippen LogP contribution >= 0.6 is 0 Å². The molecule has 0 unspecified atom stereocenters. The summed E-state index contributed by atoms with van der Waals surface area (Å²) >= 11 is 0. The Bertz CT molecular complexity index is 1070. The zero-order valence-electron chi connectivity index (χ0n) is 17.0. The lowest BCUT2D eigenvalue weighted by molar-refractivity contribution is -0.125. The van der Waals surface area contributed by atoms with Crippen LogP contribution in [-0.2, 0) is 29.8 Å². The highest BCUT2D eigenvalue weighted by atomic mass is 32.2. The summed E-state index contributed by atoms with van der Waals surface area (Å²) in [7, 11) is -3.84. The van der Waals surface area contributed by atoms with Gasteiger partial charge in [-0.2, -0.15) is 4.31 Å². The van der Waals surface area contributed by atoms with Gasteiger partial charge in [-0.3, -0.25) is 9.59 Å². The van der Waals surface area contributed by atoms with E-state index in [4.69, 9.17) is 4.74 Å². The van der Waals surface area contributed by atoms with E-state index >= 15 is 0 Å². The standard InChI is InChI=1S/C22H25N3O5S/c26-20-16-25(12-11-23-20)31(28,29)19-8-4-7-18(15-19)24-21(27)22(9-13-30-14-10-22)17-5-2-1-3-6-17/h1-8,15H,9-14,16H2,(H,23,26)(H,24,27). The van der Waals surface area contributed by atoms with E-state index < -0.39 is 15.4 Å². The zero-order chi connectivity index (χ0) is 21.9. The molecular weight excluding hydrogens is 418 g/mol. The zero-order valence-corrected chi connectivity index (χ0v) is 17.9. The smallest absolute Gasteiger partial charge is 0.243 e. The third-order valence-corrected chi connectivity index (χ3v) is 7.68. The van der Waals surface area contributed by atoms with Gasteiger partial charge in [0.05, 0.1) is 16.9 Å². The molecule has 2 amide bonds. The quantitative estimate of drug-likeness (QED) is 0.729. The fourth-order valence-electron chi connectivity index (χ4n) is 4.08. The second-order valence-electron chi connectivity index (χ2n) is 7.73. The van der Waals surface area contributed by atoms with Gasteiger partial charge in [-0.1, -0.05) is 36.4 Å². The topological polar surface area (TPSA) is 105 Å². The highest BCUT2D eigenvalue weighted by Gasteiger charge is 2.41. The molecule has 0 saturated carbocycles.